The van der Waals surface area contributed by atoms with Crippen LogP contribution in [0.25, 0.3) is 10.9 Å². The van der Waals surface area contributed by atoms with Crippen LogP contribution in [0.2, 0.25) is 5.02 Å². The number of carbonyl (C=O) groups is 1. The van der Waals surface area contributed by atoms with E-state index in [1.54, 1.807) is 6.20 Å². The molecule has 1 amide bonds. The number of hydrogen-bond acceptors (Lipinski definition) is 3. The van der Waals surface area contributed by atoms with Crippen LogP contribution in [0.15, 0.2) is 24.4 Å². The highest BCUT2D eigenvalue weighted by atomic mass is 35.5. The van der Waals surface area contributed by atoms with E-state index < -0.39 is 0 Å². The zero-order valence-electron chi connectivity index (χ0n) is 11.2. The molecule has 2 aromatic rings. The molecule has 0 spiro atoms. The SMILES string of the molecule is Cc1cc(Cl)c(NC(=O)CNC2CC2)c2cccnc12. The first-order chi connectivity index (χ1) is 9.65. The molecule has 1 saturated carbocycles. The summed E-state index contributed by atoms with van der Waals surface area (Å²) in [4.78, 5) is 16.3. The van der Waals surface area contributed by atoms with E-state index in [1.165, 1.54) is 0 Å². The van der Waals surface area contributed by atoms with Crippen molar-refractivity contribution in [1.29, 1.82) is 0 Å². The van der Waals surface area contributed by atoms with Gasteiger partial charge in [0.25, 0.3) is 0 Å². The average Bonchev–Trinajstić information content (AvgIpc) is 3.25. The zero-order chi connectivity index (χ0) is 14.1. The van der Waals surface area contributed by atoms with Gasteiger partial charge in [-0.15, -0.1) is 0 Å². The number of nitrogens with one attached hydrogen (secondary N) is 2. The van der Waals surface area contributed by atoms with E-state index in [2.05, 4.69) is 15.6 Å². The Labute approximate surface area is 122 Å². The maximum Gasteiger partial charge on any atom is 0.238 e. The summed E-state index contributed by atoms with van der Waals surface area (Å²) < 4.78 is 0. The van der Waals surface area contributed by atoms with E-state index in [0.29, 0.717) is 23.3 Å². The average molecular weight is 290 g/mol. The van der Waals surface area contributed by atoms with Crippen LogP contribution < -0.4 is 10.6 Å². The number of amides is 1. The minimum absolute atomic E-state index is 0.0761. The molecule has 1 heterocycles. The van der Waals surface area contributed by atoms with Gasteiger partial charge >= 0.3 is 0 Å². The van der Waals surface area contributed by atoms with Gasteiger partial charge in [-0.25, -0.2) is 0 Å². The van der Waals surface area contributed by atoms with Crippen molar-refractivity contribution in [1.82, 2.24) is 10.3 Å². The predicted molar refractivity (Wildman–Crippen MR) is 81.1 cm³/mol. The molecule has 104 valence electrons. The Balaban J connectivity index is 1.87. The lowest BCUT2D eigenvalue weighted by Crippen LogP contribution is -2.29. The van der Waals surface area contributed by atoms with Crippen molar-refractivity contribution in [3.63, 3.8) is 0 Å². The van der Waals surface area contributed by atoms with Gasteiger partial charge in [0.15, 0.2) is 0 Å². The Kier molecular flexibility index (Phi) is 3.59. The van der Waals surface area contributed by atoms with E-state index in [4.69, 9.17) is 11.6 Å². The fourth-order valence-corrected chi connectivity index (χ4v) is 2.53. The van der Waals surface area contributed by atoms with Crippen LogP contribution >= 0.6 is 11.6 Å². The van der Waals surface area contributed by atoms with Gasteiger partial charge < -0.3 is 10.6 Å². The third-order valence-electron chi connectivity index (χ3n) is 3.43. The maximum absolute atomic E-state index is 12.0. The lowest BCUT2D eigenvalue weighted by molar-refractivity contribution is -0.115. The van der Waals surface area contributed by atoms with Crippen molar-refractivity contribution in [3.8, 4) is 0 Å². The number of fused-ring (bicyclic) bond motifs is 1. The summed E-state index contributed by atoms with van der Waals surface area (Å²) in [7, 11) is 0. The lowest BCUT2D eigenvalue weighted by Gasteiger charge is -2.12. The summed E-state index contributed by atoms with van der Waals surface area (Å²) in [6.45, 7) is 2.28. The summed E-state index contributed by atoms with van der Waals surface area (Å²) in [5.41, 5.74) is 2.50. The fraction of sp³-hybridized carbons (Fsp3) is 0.333. The van der Waals surface area contributed by atoms with Crippen molar-refractivity contribution < 1.29 is 4.79 Å². The molecule has 0 aliphatic heterocycles. The number of pyridine rings is 1. The molecule has 5 heteroatoms. The molecule has 1 aromatic heterocycles. The molecule has 1 aliphatic rings. The Bertz CT molecular complexity index is 667. The third kappa shape index (κ3) is 2.76. The van der Waals surface area contributed by atoms with Crippen LogP contribution in [-0.2, 0) is 4.79 Å². The van der Waals surface area contributed by atoms with Gasteiger partial charge in [-0.05, 0) is 43.5 Å². The number of aryl methyl sites for hydroxylation is 1. The molecular formula is C15H16ClN3O. The summed E-state index contributed by atoms with van der Waals surface area (Å²) in [6.07, 6.45) is 4.06. The molecule has 3 rings (SSSR count). The van der Waals surface area contributed by atoms with Crippen LogP contribution in [0.1, 0.15) is 18.4 Å². The molecular weight excluding hydrogens is 274 g/mol. The Morgan fingerprint density at radius 1 is 1.50 bits per heavy atom. The van der Waals surface area contributed by atoms with Crippen LogP contribution in [0, 0.1) is 6.92 Å². The van der Waals surface area contributed by atoms with Gasteiger partial charge in [-0.1, -0.05) is 11.6 Å². The molecule has 0 atom stereocenters. The number of aromatic nitrogens is 1. The van der Waals surface area contributed by atoms with Crippen LogP contribution in [0.4, 0.5) is 5.69 Å². The van der Waals surface area contributed by atoms with Gasteiger partial charge in [0.1, 0.15) is 0 Å². The molecule has 1 aliphatic carbocycles. The number of anilines is 1. The standard InChI is InChI=1S/C15H16ClN3O/c1-9-7-12(16)15(11-3-2-6-17-14(9)11)19-13(20)8-18-10-4-5-10/h2-3,6-7,10,18H,4-5,8H2,1H3,(H,19,20). The second-order valence-corrected chi connectivity index (χ2v) is 5.56. The number of carbonyl (C=O) groups excluding carboxylic acids is 1. The Morgan fingerprint density at radius 2 is 2.30 bits per heavy atom. The third-order valence-corrected chi connectivity index (χ3v) is 3.72. The molecule has 0 saturated heterocycles. The molecule has 20 heavy (non-hydrogen) atoms. The summed E-state index contributed by atoms with van der Waals surface area (Å²) in [5, 5.41) is 7.49. The number of nitrogens with zero attached hydrogens (tertiary/aromatic N) is 1. The lowest BCUT2D eigenvalue weighted by atomic mass is 10.1. The monoisotopic (exact) mass is 289 g/mol. The molecule has 0 bridgehead atoms. The smallest absolute Gasteiger partial charge is 0.238 e. The quantitative estimate of drug-likeness (QED) is 0.910. The van der Waals surface area contributed by atoms with E-state index in [9.17, 15) is 4.79 Å². The van der Waals surface area contributed by atoms with Crippen molar-refractivity contribution in [3.05, 3.63) is 35.0 Å². The summed E-state index contributed by atoms with van der Waals surface area (Å²) in [5.74, 6) is -0.0761. The van der Waals surface area contributed by atoms with Crippen LogP contribution in [0.3, 0.4) is 0 Å². The predicted octanol–water partition coefficient (Wildman–Crippen LogP) is 2.89. The van der Waals surface area contributed by atoms with Crippen molar-refractivity contribution >= 4 is 34.1 Å². The zero-order valence-corrected chi connectivity index (χ0v) is 12.0. The van der Waals surface area contributed by atoms with Gasteiger partial charge in [0, 0.05) is 17.6 Å². The first-order valence-corrected chi connectivity index (χ1v) is 7.10. The van der Waals surface area contributed by atoms with Crippen molar-refractivity contribution in [2.24, 2.45) is 0 Å². The first kappa shape index (κ1) is 13.3. The van der Waals surface area contributed by atoms with Crippen LogP contribution in [-0.4, -0.2) is 23.5 Å². The molecule has 1 fully saturated rings. The van der Waals surface area contributed by atoms with Crippen LogP contribution in [0.5, 0.6) is 0 Å². The number of hydrogen-bond donors (Lipinski definition) is 2. The second kappa shape index (κ2) is 5.38. The second-order valence-electron chi connectivity index (χ2n) is 5.15. The maximum atomic E-state index is 12.0. The van der Waals surface area contributed by atoms with Gasteiger partial charge in [0.2, 0.25) is 5.91 Å². The Hall–Kier alpha value is -1.65. The molecule has 4 nitrogen and oxygen atoms in total. The first-order valence-electron chi connectivity index (χ1n) is 6.72. The van der Waals surface area contributed by atoms with Gasteiger partial charge in [0.05, 0.1) is 22.8 Å². The molecule has 2 N–H and O–H groups in total. The fourth-order valence-electron chi connectivity index (χ4n) is 2.22. The Morgan fingerprint density at radius 3 is 3.05 bits per heavy atom. The summed E-state index contributed by atoms with van der Waals surface area (Å²) in [6, 6.07) is 6.11. The largest absolute Gasteiger partial charge is 0.323 e. The van der Waals surface area contributed by atoms with Crippen molar-refractivity contribution in [2.75, 3.05) is 11.9 Å². The highest BCUT2D eigenvalue weighted by Crippen LogP contribution is 2.32. The van der Waals surface area contributed by atoms with E-state index >= 15 is 0 Å². The van der Waals surface area contributed by atoms with E-state index in [-0.39, 0.29) is 5.91 Å². The minimum atomic E-state index is -0.0761. The highest BCUT2D eigenvalue weighted by Gasteiger charge is 2.21. The van der Waals surface area contributed by atoms with Gasteiger partial charge in [-0.3, -0.25) is 9.78 Å². The van der Waals surface area contributed by atoms with Gasteiger partial charge in [-0.2, -0.15) is 0 Å². The minimum Gasteiger partial charge on any atom is -0.323 e. The number of halogens is 1. The van der Waals surface area contributed by atoms with Crippen molar-refractivity contribution in [2.45, 2.75) is 25.8 Å². The van der Waals surface area contributed by atoms with E-state index in [0.717, 1.165) is 29.3 Å². The molecule has 0 radical (unpaired) electrons. The summed E-state index contributed by atoms with van der Waals surface area (Å²) >= 11 is 6.26. The molecule has 0 unspecified atom stereocenters. The normalized spacial score (nSPS) is 14.5. The topological polar surface area (TPSA) is 54.0 Å². The number of rotatable bonds is 4. The number of benzene rings is 1. The van der Waals surface area contributed by atoms with E-state index in [1.807, 2.05) is 25.1 Å². The molecule has 1 aromatic carbocycles. The highest BCUT2D eigenvalue weighted by molar-refractivity contribution is 6.35.